The average molecular weight is 211 g/mol. The van der Waals surface area contributed by atoms with Crippen LogP contribution in [0.15, 0.2) is 23.1 Å². The highest BCUT2D eigenvalue weighted by atomic mass is 32.2. The molecule has 0 amide bonds. The molecule has 0 bridgehead atoms. The molecule has 0 saturated carbocycles. The van der Waals surface area contributed by atoms with Gasteiger partial charge in [0.15, 0.2) is 11.1 Å². The Morgan fingerprint density at radius 2 is 2.36 bits per heavy atom. The number of hydrogen-bond donors (Lipinski definition) is 2. The minimum absolute atomic E-state index is 0.495. The van der Waals surface area contributed by atoms with Crippen molar-refractivity contribution in [1.29, 1.82) is 0 Å². The topological polar surface area (TPSA) is 49.3 Å². The minimum Gasteiger partial charge on any atom is -0.383 e. The summed E-state index contributed by atoms with van der Waals surface area (Å²) in [5.74, 6) is 0.588. The molecule has 1 unspecified atom stereocenters. The lowest BCUT2D eigenvalue weighted by Gasteiger charge is -2.24. The number of anilines is 1. The van der Waals surface area contributed by atoms with Crippen molar-refractivity contribution in [2.45, 2.75) is 18.2 Å². The number of para-hydroxylation sites is 1. The van der Waals surface area contributed by atoms with Crippen molar-refractivity contribution in [2.75, 3.05) is 11.9 Å². The van der Waals surface area contributed by atoms with Gasteiger partial charge in [0.25, 0.3) is 0 Å². The van der Waals surface area contributed by atoms with Crippen LogP contribution >= 0.6 is 0 Å². The van der Waals surface area contributed by atoms with E-state index in [9.17, 15) is 4.21 Å². The molecule has 0 aromatic heterocycles. The van der Waals surface area contributed by atoms with E-state index in [1.165, 1.54) is 0 Å². The summed E-state index contributed by atoms with van der Waals surface area (Å²) in [6.45, 7) is 3.04. The van der Waals surface area contributed by atoms with E-state index in [0.717, 1.165) is 24.2 Å². The predicted octanol–water partition coefficient (Wildman–Crippen LogP) is 1.87. The van der Waals surface area contributed by atoms with Gasteiger partial charge in [0.2, 0.25) is 0 Å². The van der Waals surface area contributed by atoms with Crippen LogP contribution in [-0.2, 0) is 17.5 Å². The van der Waals surface area contributed by atoms with Crippen molar-refractivity contribution in [3.05, 3.63) is 23.8 Å². The molecule has 0 radical (unpaired) electrons. The fourth-order valence-corrected chi connectivity index (χ4v) is 2.39. The molecule has 0 aliphatic carbocycles. The van der Waals surface area contributed by atoms with Crippen LogP contribution in [0, 0.1) is 5.92 Å². The quantitative estimate of drug-likeness (QED) is 0.697. The highest BCUT2D eigenvalue weighted by molar-refractivity contribution is 7.79. The van der Waals surface area contributed by atoms with E-state index in [-0.39, 0.29) is 0 Å². The van der Waals surface area contributed by atoms with Gasteiger partial charge in [-0.3, -0.25) is 0 Å². The third-order valence-electron chi connectivity index (χ3n) is 2.50. The fourth-order valence-electron chi connectivity index (χ4n) is 1.82. The highest BCUT2D eigenvalue weighted by Crippen LogP contribution is 2.29. The van der Waals surface area contributed by atoms with Crippen molar-refractivity contribution in [3.63, 3.8) is 0 Å². The molecule has 3 nitrogen and oxygen atoms in total. The molecule has 4 heteroatoms. The van der Waals surface area contributed by atoms with Gasteiger partial charge in [-0.15, -0.1) is 0 Å². The predicted molar refractivity (Wildman–Crippen MR) is 56.8 cm³/mol. The van der Waals surface area contributed by atoms with Crippen molar-refractivity contribution < 1.29 is 8.76 Å². The van der Waals surface area contributed by atoms with Gasteiger partial charge in [0.05, 0.1) is 10.6 Å². The van der Waals surface area contributed by atoms with E-state index in [0.29, 0.717) is 10.8 Å². The maximum absolute atomic E-state index is 11.0. The van der Waals surface area contributed by atoms with Crippen LogP contribution < -0.4 is 5.32 Å². The van der Waals surface area contributed by atoms with Gasteiger partial charge in [-0.1, -0.05) is 19.1 Å². The SMILES string of the molecule is C[C@H]1CNc2c(cccc2S(=O)O)C1. The molecule has 2 rings (SSSR count). The summed E-state index contributed by atoms with van der Waals surface area (Å²) in [4.78, 5) is 0.495. The van der Waals surface area contributed by atoms with Gasteiger partial charge in [0, 0.05) is 6.54 Å². The molecule has 1 aromatic rings. The number of benzene rings is 1. The van der Waals surface area contributed by atoms with E-state index < -0.39 is 11.1 Å². The summed E-state index contributed by atoms with van der Waals surface area (Å²) in [7, 11) is 0. The van der Waals surface area contributed by atoms with Crippen LogP contribution in [0.5, 0.6) is 0 Å². The Balaban J connectivity index is 2.46. The minimum atomic E-state index is -1.89. The van der Waals surface area contributed by atoms with Crippen LogP contribution in [0.25, 0.3) is 0 Å². The Morgan fingerprint density at radius 3 is 3.07 bits per heavy atom. The van der Waals surface area contributed by atoms with E-state index in [2.05, 4.69) is 12.2 Å². The number of rotatable bonds is 1. The third-order valence-corrected chi connectivity index (χ3v) is 3.21. The van der Waals surface area contributed by atoms with Gasteiger partial charge < -0.3 is 9.87 Å². The smallest absolute Gasteiger partial charge is 0.188 e. The van der Waals surface area contributed by atoms with Crippen molar-refractivity contribution in [2.24, 2.45) is 5.92 Å². The van der Waals surface area contributed by atoms with E-state index in [4.69, 9.17) is 4.55 Å². The molecule has 1 aliphatic heterocycles. The molecule has 2 atom stereocenters. The Morgan fingerprint density at radius 1 is 1.57 bits per heavy atom. The molecule has 1 aliphatic rings. The first kappa shape index (κ1) is 9.68. The standard InChI is InChI=1S/C10H13NO2S/c1-7-5-8-3-2-4-9(14(12)13)10(8)11-6-7/h2-4,7,11H,5-6H2,1H3,(H,12,13)/t7-/m1/s1. The second-order valence-electron chi connectivity index (χ2n) is 3.73. The summed E-state index contributed by atoms with van der Waals surface area (Å²) < 4.78 is 20.1. The summed E-state index contributed by atoms with van der Waals surface area (Å²) in [6, 6.07) is 5.54. The average Bonchev–Trinajstić information content (AvgIpc) is 2.16. The maximum Gasteiger partial charge on any atom is 0.188 e. The van der Waals surface area contributed by atoms with Crippen LogP contribution in [0.4, 0.5) is 5.69 Å². The van der Waals surface area contributed by atoms with Crippen molar-refractivity contribution in [1.82, 2.24) is 0 Å². The van der Waals surface area contributed by atoms with Gasteiger partial charge in [-0.05, 0) is 24.0 Å². The lowest BCUT2D eigenvalue weighted by Crippen LogP contribution is -2.21. The molecule has 1 aromatic carbocycles. The first-order valence-corrected chi connectivity index (χ1v) is 5.76. The zero-order valence-electron chi connectivity index (χ0n) is 7.99. The molecule has 0 spiro atoms. The second-order valence-corrected chi connectivity index (χ2v) is 4.67. The van der Waals surface area contributed by atoms with E-state index in [1.54, 1.807) is 6.07 Å². The van der Waals surface area contributed by atoms with Gasteiger partial charge in [-0.2, -0.15) is 0 Å². The Labute approximate surface area is 85.8 Å². The maximum atomic E-state index is 11.0. The van der Waals surface area contributed by atoms with Crippen LogP contribution in [0.2, 0.25) is 0 Å². The summed E-state index contributed by atoms with van der Waals surface area (Å²) in [6.07, 6.45) is 0.980. The monoisotopic (exact) mass is 211 g/mol. The molecular weight excluding hydrogens is 198 g/mol. The fraction of sp³-hybridized carbons (Fsp3) is 0.400. The Hall–Kier alpha value is -0.870. The molecular formula is C10H13NO2S. The van der Waals surface area contributed by atoms with Crippen molar-refractivity contribution >= 4 is 16.8 Å². The van der Waals surface area contributed by atoms with Crippen LogP contribution in [-0.4, -0.2) is 15.3 Å². The highest BCUT2D eigenvalue weighted by Gasteiger charge is 2.18. The van der Waals surface area contributed by atoms with Gasteiger partial charge >= 0.3 is 0 Å². The molecule has 76 valence electrons. The third kappa shape index (κ3) is 1.67. The molecule has 2 N–H and O–H groups in total. The van der Waals surface area contributed by atoms with E-state index >= 15 is 0 Å². The van der Waals surface area contributed by atoms with Crippen molar-refractivity contribution in [3.8, 4) is 0 Å². The first-order valence-electron chi connectivity index (χ1n) is 4.65. The Bertz CT molecular complexity index is 378. The van der Waals surface area contributed by atoms with Gasteiger partial charge in [-0.25, -0.2) is 4.21 Å². The summed E-state index contributed by atoms with van der Waals surface area (Å²) >= 11 is -1.89. The first-order chi connectivity index (χ1) is 6.68. The number of nitrogens with one attached hydrogen (secondary N) is 1. The van der Waals surface area contributed by atoms with Crippen LogP contribution in [0.3, 0.4) is 0 Å². The largest absolute Gasteiger partial charge is 0.383 e. The number of fused-ring (bicyclic) bond motifs is 1. The second kappa shape index (κ2) is 3.71. The van der Waals surface area contributed by atoms with E-state index in [1.807, 2.05) is 12.1 Å². The zero-order valence-corrected chi connectivity index (χ0v) is 8.80. The lowest BCUT2D eigenvalue weighted by atomic mass is 9.96. The summed E-state index contributed by atoms with van der Waals surface area (Å²) in [5, 5.41) is 3.21. The Kier molecular flexibility index (Phi) is 2.56. The summed E-state index contributed by atoms with van der Waals surface area (Å²) in [5.41, 5.74) is 2.00. The zero-order chi connectivity index (χ0) is 10.1. The molecule has 14 heavy (non-hydrogen) atoms. The molecule has 0 fully saturated rings. The molecule has 1 heterocycles. The normalized spacial score (nSPS) is 22.3. The molecule has 0 saturated heterocycles. The van der Waals surface area contributed by atoms with Gasteiger partial charge in [0.1, 0.15) is 0 Å². The lowest BCUT2D eigenvalue weighted by molar-refractivity contribution is 0.561. The number of hydrogen-bond acceptors (Lipinski definition) is 2. The van der Waals surface area contributed by atoms with Crippen LogP contribution in [0.1, 0.15) is 12.5 Å².